The summed E-state index contributed by atoms with van der Waals surface area (Å²) < 4.78 is 4.67. The maximum Gasteiger partial charge on any atom is 0.325 e. The Morgan fingerprint density at radius 1 is 1.44 bits per heavy atom. The Morgan fingerprint density at radius 2 is 2.17 bits per heavy atom. The first-order chi connectivity index (χ1) is 8.54. The van der Waals surface area contributed by atoms with Crippen molar-refractivity contribution in [2.45, 2.75) is 19.8 Å². The monoisotopic (exact) mass is 258 g/mol. The molecule has 0 aliphatic carbocycles. The Bertz CT molecular complexity index is 331. The van der Waals surface area contributed by atoms with Gasteiger partial charge in [-0.3, -0.25) is 9.59 Å². The van der Waals surface area contributed by atoms with Crippen molar-refractivity contribution in [1.82, 2.24) is 10.2 Å². The maximum absolute atomic E-state index is 11.7. The maximum atomic E-state index is 11.7. The summed E-state index contributed by atoms with van der Waals surface area (Å²) in [7, 11) is 0. The Morgan fingerprint density at radius 3 is 2.78 bits per heavy atom. The molecule has 1 heterocycles. The molecule has 0 saturated carbocycles. The summed E-state index contributed by atoms with van der Waals surface area (Å²) in [5, 5.41) is 11.3. The summed E-state index contributed by atoms with van der Waals surface area (Å²) in [5.74, 6) is -1.91. The van der Waals surface area contributed by atoms with Gasteiger partial charge in [-0.15, -0.1) is 0 Å². The van der Waals surface area contributed by atoms with E-state index in [2.05, 4.69) is 10.1 Å². The number of hydrogen-bond acceptors (Lipinski definition) is 4. The summed E-state index contributed by atoms with van der Waals surface area (Å²) in [6, 6.07) is -0.422. The Balaban J connectivity index is 2.37. The van der Waals surface area contributed by atoms with Crippen molar-refractivity contribution in [3.8, 4) is 0 Å². The molecule has 1 aliphatic rings. The molecule has 1 saturated heterocycles. The number of carbonyl (C=O) groups excluding carboxylic acids is 2. The van der Waals surface area contributed by atoms with Crippen LogP contribution in [-0.4, -0.2) is 54.2 Å². The van der Waals surface area contributed by atoms with Crippen LogP contribution in [0.1, 0.15) is 19.8 Å². The van der Waals surface area contributed by atoms with E-state index in [1.54, 1.807) is 6.92 Å². The molecule has 1 fully saturated rings. The second-order valence-electron chi connectivity index (χ2n) is 4.09. The number of esters is 1. The highest BCUT2D eigenvalue weighted by atomic mass is 16.5. The van der Waals surface area contributed by atoms with Crippen LogP contribution in [0.15, 0.2) is 0 Å². The first kappa shape index (κ1) is 14.3. The zero-order valence-corrected chi connectivity index (χ0v) is 10.3. The molecule has 1 atom stereocenters. The first-order valence-electron chi connectivity index (χ1n) is 5.95. The van der Waals surface area contributed by atoms with Gasteiger partial charge in [0.2, 0.25) is 0 Å². The molecule has 0 aromatic heterocycles. The molecule has 1 aliphatic heterocycles. The van der Waals surface area contributed by atoms with Crippen molar-refractivity contribution in [3.05, 3.63) is 0 Å². The van der Waals surface area contributed by atoms with Gasteiger partial charge in [-0.1, -0.05) is 0 Å². The first-order valence-corrected chi connectivity index (χ1v) is 5.95. The van der Waals surface area contributed by atoms with Gasteiger partial charge in [-0.2, -0.15) is 0 Å². The number of aliphatic carboxylic acids is 1. The van der Waals surface area contributed by atoms with Gasteiger partial charge in [-0.05, 0) is 19.8 Å². The van der Waals surface area contributed by atoms with E-state index in [9.17, 15) is 14.4 Å². The number of carboxylic acids is 1. The van der Waals surface area contributed by atoms with Gasteiger partial charge in [-0.25, -0.2) is 4.79 Å². The van der Waals surface area contributed by atoms with E-state index >= 15 is 0 Å². The van der Waals surface area contributed by atoms with Crippen molar-refractivity contribution < 1.29 is 24.2 Å². The lowest BCUT2D eigenvalue weighted by atomic mass is 9.99. The Hall–Kier alpha value is -1.79. The molecule has 102 valence electrons. The summed E-state index contributed by atoms with van der Waals surface area (Å²) >= 11 is 0. The van der Waals surface area contributed by atoms with Crippen molar-refractivity contribution in [3.63, 3.8) is 0 Å². The van der Waals surface area contributed by atoms with E-state index in [4.69, 9.17) is 5.11 Å². The van der Waals surface area contributed by atoms with E-state index in [-0.39, 0.29) is 19.7 Å². The number of ether oxygens (including phenoxy) is 1. The molecule has 0 unspecified atom stereocenters. The molecule has 18 heavy (non-hydrogen) atoms. The predicted octanol–water partition coefficient (Wildman–Crippen LogP) is 0.0557. The normalized spacial score (nSPS) is 19.2. The van der Waals surface area contributed by atoms with E-state index in [0.717, 1.165) is 0 Å². The lowest BCUT2D eigenvalue weighted by Gasteiger charge is -2.30. The highest BCUT2D eigenvalue weighted by molar-refractivity contribution is 5.81. The third kappa shape index (κ3) is 4.23. The smallest absolute Gasteiger partial charge is 0.325 e. The zero-order valence-electron chi connectivity index (χ0n) is 10.3. The summed E-state index contributed by atoms with van der Waals surface area (Å²) in [6.07, 6.45) is 1.24. The molecule has 7 nitrogen and oxygen atoms in total. The van der Waals surface area contributed by atoms with Gasteiger partial charge in [0.1, 0.15) is 6.54 Å². The van der Waals surface area contributed by atoms with E-state index < -0.39 is 23.9 Å². The molecule has 7 heteroatoms. The molecule has 2 N–H and O–H groups in total. The summed E-state index contributed by atoms with van der Waals surface area (Å²) in [5.41, 5.74) is 0. The predicted molar refractivity (Wildman–Crippen MR) is 62.0 cm³/mol. The van der Waals surface area contributed by atoms with E-state index in [1.807, 2.05) is 0 Å². The largest absolute Gasteiger partial charge is 0.481 e. The van der Waals surface area contributed by atoms with Crippen LogP contribution in [0.5, 0.6) is 0 Å². The number of urea groups is 1. The number of nitrogens with zero attached hydrogens (tertiary/aromatic N) is 1. The molecular weight excluding hydrogens is 240 g/mol. The quantitative estimate of drug-likeness (QED) is 0.695. The SMILES string of the molecule is CCOC(=O)CNC(=O)N1CCC[C@H](C(=O)O)C1. The van der Waals surface area contributed by atoms with Crippen molar-refractivity contribution in [2.24, 2.45) is 5.92 Å². The van der Waals surface area contributed by atoms with Crippen molar-refractivity contribution >= 4 is 18.0 Å². The fraction of sp³-hybridized carbons (Fsp3) is 0.727. The minimum atomic E-state index is -0.891. The minimum absolute atomic E-state index is 0.185. The lowest BCUT2D eigenvalue weighted by molar-refractivity contribution is -0.144. The van der Waals surface area contributed by atoms with Gasteiger partial charge < -0.3 is 20.1 Å². The van der Waals surface area contributed by atoms with Crippen molar-refractivity contribution in [2.75, 3.05) is 26.2 Å². The molecule has 0 aromatic rings. The van der Waals surface area contributed by atoms with Gasteiger partial charge in [0.05, 0.1) is 12.5 Å². The van der Waals surface area contributed by atoms with Crippen molar-refractivity contribution in [1.29, 1.82) is 0 Å². The number of carboxylic acid groups (broad SMARTS) is 1. The topological polar surface area (TPSA) is 95.9 Å². The molecule has 0 radical (unpaired) electrons. The number of likely N-dealkylation sites (tertiary alicyclic amines) is 1. The molecule has 1 rings (SSSR count). The van der Waals surface area contributed by atoms with Crippen LogP contribution in [0.3, 0.4) is 0 Å². The molecule has 0 aromatic carbocycles. The van der Waals surface area contributed by atoms with E-state index in [0.29, 0.717) is 19.4 Å². The fourth-order valence-corrected chi connectivity index (χ4v) is 1.83. The standard InChI is InChI=1S/C11H18N2O5/c1-2-18-9(14)6-12-11(17)13-5-3-4-8(7-13)10(15)16/h8H,2-7H2,1H3,(H,12,17)(H,15,16)/t8-/m0/s1. The Kier molecular flexibility index (Phi) is 5.41. The Labute approximate surface area is 105 Å². The van der Waals surface area contributed by atoms with Crippen LogP contribution in [0, 0.1) is 5.92 Å². The highest BCUT2D eigenvalue weighted by Gasteiger charge is 2.28. The number of piperidine rings is 1. The van der Waals surface area contributed by atoms with Crippen LogP contribution in [0.25, 0.3) is 0 Å². The van der Waals surface area contributed by atoms with Gasteiger partial charge in [0.15, 0.2) is 0 Å². The number of carbonyl (C=O) groups is 3. The second kappa shape index (κ2) is 6.83. The highest BCUT2D eigenvalue weighted by Crippen LogP contribution is 2.16. The minimum Gasteiger partial charge on any atom is -0.481 e. The van der Waals surface area contributed by atoms with Crippen LogP contribution in [0.2, 0.25) is 0 Å². The lowest BCUT2D eigenvalue weighted by Crippen LogP contribution is -2.48. The van der Waals surface area contributed by atoms with Crippen LogP contribution in [-0.2, 0) is 14.3 Å². The average Bonchev–Trinajstić information content (AvgIpc) is 2.36. The second-order valence-corrected chi connectivity index (χ2v) is 4.09. The zero-order chi connectivity index (χ0) is 13.5. The molecule has 2 amide bonds. The number of hydrogen-bond donors (Lipinski definition) is 2. The third-order valence-electron chi connectivity index (χ3n) is 2.75. The fourth-order valence-electron chi connectivity index (χ4n) is 1.83. The van der Waals surface area contributed by atoms with Gasteiger partial charge in [0, 0.05) is 13.1 Å². The summed E-state index contributed by atoms with van der Waals surface area (Å²) in [4.78, 5) is 35.0. The number of amides is 2. The number of nitrogens with one attached hydrogen (secondary N) is 1. The number of rotatable bonds is 4. The van der Waals surface area contributed by atoms with E-state index in [1.165, 1.54) is 4.90 Å². The van der Waals surface area contributed by atoms with Crippen LogP contribution >= 0.6 is 0 Å². The molecule has 0 bridgehead atoms. The van der Waals surface area contributed by atoms with Crippen LogP contribution in [0.4, 0.5) is 4.79 Å². The molecule has 0 spiro atoms. The average molecular weight is 258 g/mol. The summed E-state index contributed by atoms with van der Waals surface area (Å²) in [6.45, 7) is 2.45. The third-order valence-corrected chi connectivity index (χ3v) is 2.75. The van der Waals surface area contributed by atoms with Crippen LogP contribution < -0.4 is 5.32 Å². The van der Waals surface area contributed by atoms with Gasteiger partial charge >= 0.3 is 18.0 Å². The molecular formula is C11H18N2O5. The van der Waals surface area contributed by atoms with Gasteiger partial charge in [0.25, 0.3) is 0 Å².